The lowest BCUT2D eigenvalue weighted by molar-refractivity contribution is 0.0714. The van der Waals surface area contributed by atoms with Crippen molar-refractivity contribution in [2.24, 2.45) is 0 Å². The lowest BCUT2D eigenvalue weighted by Gasteiger charge is -2.19. The molecule has 0 bridgehead atoms. The maximum absolute atomic E-state index is 12.5. The number of rotatable bonds is 4. The minimum Gasteiger partial charge on any atom is -0.376 e. The zero-order valence-corrected chi connectivity index (χ0v) is 13.8. The van der Waals surface area contributed by atoms with E-state index in [2.05, 4.69) is 24.4 Å². The Morgan fingerprint density at radius 3 is 2.82 bits per heavy atom. The summed E-state index contributed by atoms with van der Waals surface area (Å²) in [6, 6.07) is 12.2. The molecule has 3 nitrogen and oxygen atoms in total. The van der Waals surface area contributed by atoms with Gasteiger partial charge in [0.2, 0.25) is 0 Å². The quantitative estimate of drug-likeness (QED) is 0.925. The van der Waals surface area contributed by atoms with Gasteiger partial charge in [0.1, 0.15) is 0 Å². The molecule has 1 aromatic heterocycles. The Hall–Kier alpha value is -1.65. The molecule has 3 rings (SSSR count). The van der Waals surface area contributed by atoms with Crippen LogP contribution in [0.4, 0.5) is 0 Å². The fraction of sp³-hybridized carbons (Fsp3) is 0.389. The maximum Gasteiger partial charge on any atom is 0.261 e. The van der Waals surface area contributed by atoms with Crippen molar-refractivity contribution in [2.75, 3.05) is 6.61 Å². The molecule has 4 heteroatoms. The van der Waals surface area contributed by atoms with Crippen LogP contribution in [-0.2, 0) is 4.74 Å². The molecule has 0 saturated carbocycles. The summed E-state index contributed by atoms with van der Waals surface area (Å²) in [5.74, 6) is -0.00159. The van der Waals surface area contributed by atoms with Crippen molar-refractivity contribution in [3.05, 3.63) is 46.8 Å². The predicted octanol–water partition coefficient (Wildman–Crippen LogP) is 4.02. The third kappa shape index (κ3) is 3.23. The van der Waals surface area contributed by atoms with Gasteiger partial charge in [-0.15, -0.1) is 11.3 Å². The van der Waals surface area contributed by atoms with E-state index in [-0.39, 0.29) is 18.1 Å². The molecule has 1 aromatic carbocycles. The van der Waals surface area contributed by atoms with Gasteiger partial charge in [-0.05, 0) is 43.9 Å². The van der Waals surface area contributed by atoms with E-state index in [4.69, 9.17) is 4.74 Å². The summed E-state index contributed by atoms with van der Waals surface area (Å²) in [5, 5.41) is 3.08. The van der Waals surface area contributed by atoms with E-state index in [9.17, 15) is 4.79 Å². The Bertz CT molecular complexity index is 644. The first-order valence-corrected chi connectivity index (χ1v) is 8.55. The summed E-state index contributed by atoms with van der Waals surface area (Å²) in [7, 11) is 0. The smallest absolute Gasteiger partial charge is 0.261 e. The van der Waals surface area contributed by atoms with Crippen molar-refractivity contribution >= 4 is 17.2 Å². The summed E-state index contributed by atoms with van der Waals surface area (Å²) in [5.41, 5.74) is 2.31. The van der Waals surface area contributed by atoms with Crippen LogP contribution < -0.4 is 5.32 Å². The van der Waals surface area contributed by atoms with Gasteiger partial charge in [-0.3, -0.25) is 4.79 Å². The van der Waals surface area contributed by atoms with E-state index in [0.29, 0.717) is 0 Å². The van der Waals surface area contributed by atoms with Gasteiger partial charge in [-0.25, -0.2) is 0 Å². The van der Waals surface area contributed by atoms with Crippen LogP contribution in [-0.4, -0.2) is 24.7 Å². The van der Waals surface area contributed by atoms with Gasteiger partial charge >= 0.3 is 0 Å². The van der Waals surface area contributed by atoms with Crippen LogP contribution in [0.1, 0.15) is 35.0 Å². The molecule has 2 heterocycles. The number of amides is 1. The molecule has 22 heavy (non-hydrogen) atoms. The van der Waals surface area contributed by atoms with Gasteiger partial charge in [0.05, 0.1) is 17.0 Å². The van der Waals surface area contributed by atoms with Gasteiger partial charge in [-0.1, -0.05) is 30.3 Å². The number of hydrogen-bond acceptors (Lipinski definition) is 3. The highest BCUT2D eigenvalue weighted by molar-refractivity contribution is 7.17. The Morgan fingerprint density at radius 2 is 2.14 bits per heavy atom. The van der Waals surface area contributed by atoms with Crippen LogP contribution in [0.5, 0.6) is 0 Å². The first kappa shape index (κ1) is 15.3. The fourth-order valence-corrected chi connectivity index (χ4v) is 3.92. The number of nitrogens with one attached hydrogen (secondary N) is 1. The fourth-order valence-electron chi connectivity index (χ4n) is 2.84. The SMILES string of the molecule is Cc1cc(C(=O)N[C@H](C)[C@H]2CCCO2)sc1-c1ccccc1. The highest BCUT2D eigenvalue weighted by Crippen LogP contribution is 2.32. The molecular formula is C18H21NO2S. The van der Waals surface area contributed by atoms with Crippen molar-refractivity contribution in [1.82, 2.24) is 5.32 Å². The van der Waals surface area contributed by atoms with Crippen molar-refractivity contribution < 1.29 is 9.53 Å². The van der Waals surface area contributed by atoms with Gasteiger partial charge < -0.3 is 10.1 Å². The third-order valence-electron chi connectivity index (χ3n) is 4.06. The van der Waals surface area contributed by atoms with E-state index in [1.165, 1.54) is 0 Å². The summed E-state index contributed by atoms with van der Waals surface area (Å²) >= 11 is 1.55. The summed E-state index contributed by atoms with van der Waals surface area (Å²) < 4.78 is 5.64. The topological polar surface area (TPSA) is 38.3 Å². The van der Waals surface area contributed by atoms with Crippen LogP contribution >= 0.6 is 11.3 Å². The molecule has 1 N–H and O–H groups in total. The Kier molecular flexibility index (Phi) is 4.60. The minimum absolute atomic E-state index is 0.00159. The largest absolute Gasteiger partial charge is 0.376 e. The monoisotopic (exact) mass is 315 g/mol. The molecular weight excluding hydrogens is 294 g/mol. The minimum atomic E-state index is -0.00159. The van der Waals surface area contributed by atoms with Gasteiger partial charge in [-0.2, -0.15) is 0 Å². The van der Waals surface area contributed by atoms with E-state index in [1.54, 1.807) is 11.3 Å². The zero-order chi connectivity index (χ0) is 15.5. The van der Waals surface area contributed by atoms with Crippen molar-refractivity contribution in [2.45, 2.75) is 38.8 Å². The molecule has 0 radical (unpaired) electrons. The van der Waals surface area contributed by atoms with Crippen molar-refractivity contribution in [1.29, 1.82) is 0 Å². The van der Waals surface area contributed by atoms with Crippen LogP contribution in [0.25, 0.3) is 10.4 Å². The lowest BCUT2D eigenvalue weighted by atomic mass is 10.1. The van der Waals surface area contributed by atoms with E-state index in [1.807, 2.05) is 31.2 Å². The average Bonchev–Trinajstić information content (AvgIpc) is 3.17. The Labute approximate surface area is 135 Å². The predicted molar refractivity (Wildman–Crippen MR) is 90.4 cm³/mol. The second kappa shape index (κ2) is 6.63. The van der Waals surface area contributed by atoms with Gasteiger partial charge in [0.25, 0.3) is 5.91 Å². The molecule has 1 amide bonds. The van der Waals surface area contributed by atoms with Crippen LogP contribution in [0.15, 0.2) is 36.4 Å². The molecule has 0 unspecified atom stereocenters. The average molecular weight is 315 g/mol. The Morgan fingerprint density at radius 1 is 1.36 bits per heavy atom. The van der Waals surface area contributed by atoms with Crippen LogP contribution in [0.2, 0.25) is 0 Å². The number of benzene rings is 1. The van der Waals surface area contributed by atoms with E-state index < -0.39 is 0 Å². The molecule has 0 aliphatic carbocycles. The van der Waals surface area contributed by atoms with Crippen molar-refractivity contribution in [3.63, 3.8) is 0 Å². The second-order valence-corrected chi connectivity index (χ2v) is 6.85. The normalized spacial score (nSPS) is 19.1. The van der Waals surface area contributed by atoms with Crippen molar-refractivity contribution in [3.8, 4) is 10.4 Å². The highest BCUT2D eigenvalue weighted by Gasteiger charge is 2.24. The first-order chi connectivity index (χ1) is 10.6. The molecule has 2 atom stereocenters. The Balaban J connectivity index is 1.73. The second-order valence-electron chi connectivity index (χ2n) is 5.80. The number of carbonyl (C=O) groups excluding carboxylic acids is 1. The molecule has 1 saturated heterocycles. The van der Waals surface area contributed by atoms with Gasteiger partial charge in [0, 0.05) is 11.5 Å². The molecule has 1 fully saturated rings. The summed E-state index contributed by atoms with van der Waals surface area (Å²) in [6.07, 6.45) is 2.26. The molecule has 1 aliphatic rings. The number of aryl methyl sites for hydroxylation is 1. The van der Waals surface area contributed by atoms with Crippen LogP contribution in [0.3, 0.4) is 0 Å². The zero-order valence-electron chi connectivity index (χ0n) is 13.0. The third-order valence-corrected chi connectivity index (χ3v) is 5.34. The highest BCUT2D eigenvalue weighted by atomic mass is 32.1. The van der Waals surface area contributed by atoms with Gasteiger partial charge in [0.15, 0.2) is 0 Å². The van der Waals surface area contributed by atoms with E-state index >= 15 is 0 Å². The molecule has 0 spiro atoms. The standard InChI is InChI=1S/C18H21NO2S/c1-12-11-16(22-17(12)14-7-4-3-5-8-14)18(20)19-13(2)15-9-6-10-21-15/h3-5,7-8,11,13,15H,6,9-10H2,1-2H3,(H,19,20)/t13-,15-/m1/s1. The number of carbonyl (C=O) groups is 1. The maximum atomic E-state index is 12.5. The lowest BCUT2D eigenvalue weighted by Crippen LogP contribution is -2.40. The summed E-state index contributed by atoms with van der Waals surface area (Å²) in [4.78, 5) is 14.4. The number of ether oxygens (including phenoxy) is 1. The molecule has 116 valence electrons. The number of thiophene rings is 1. The molecule has 2 aromatic rings. The first-order valence-electron chi connectivity index (χ1n) is 7.73. The van der Waals surface area contributed by atoms with Crippen LogP contribution in [0, 0.1) is 6.92 Å². The van der Waals surface area contributed by atoms with E-state index in [0.717, 1.165) is 40.3 Å². The number of hydrogen-bond donors (Lipinski definition) is 1. The molecule has 1 aliphatic heterocycles. The summed E-state index contributed by atoms with van der Waals surface area (Å²) in [6.45, 7) is 4.88.